The van der Waals surface area contributed by atoms with Crippen LogP contribution in [-0.4, -0.2) is 23.3 Å². The molecule has 0 N–H and O–H groups in total. The van der Waals surface area contributed by atoms with Crippen molar-refractivity contribution in [2.24, 2.45) is 0 Å². The fourth-order valence-corrected chi connectivity index (χ4v) is 1.82. The highest BCUT2D eigenvalue weighted by atomic mass is 19.1. The molecule has 1 heterocycles. The van der Waals surface area contributed by atoms with Gasteiger partial charge in [-0.1, -0.05) is 6.92 Å². The number of halogens is 1. The van der Waals surface area contributed by atoms with E-state index in [9.17, 15) is 18.8 Å². The molecule has 19 heavy (non-hydrogen) atoms. The van der Waals surface area contributed by atoms with Crippen LogP contribution in [0.15, 0.2) is 24.3 Å². The molecule has 1 aliphatic rings. The van der Waals surface area contributed by atoms with E-state index in [1.165, 1.54) is 12.1 Å². The number of carbonyl (C=O) groups is 3. The topological polar surface area (TPSA) is 69.7 Å². The summed E-state index contributed by atoms with van der Waals surface area (Å²) in [7, 11) is 0. The van der Waals surface area contributed by atoms with Gasteiger partial charge in [-0.05, 0) is 24.3 Å². The average molecular weight is 266 g/mol. The minimum absolute atomic E-state index is 0.00238. The quantitative estimate of drug-likeness (QED) is 0.470. The van der Waals surface area contributed by atoms with E-state index in [0.29, 0.717) is 0 Å². The lowest BCUT2D eigenvalue weighted by molar-refractivity contribution is -0.170. The van der Waals surface area contributed by atoms with Crippen LogP contribution in [0.25, 0.3) is 0 Å². The maximum atomic E-state index is 12.7. The normalized spacial score (nSPS) is 22.2. The van der Waals surface area contributed by atoms with Gasteiger partial charge < -0.3 is 9.47 Å². The van der Waals surface area contributed by atoms with Gasteiger partial charge in [0.1, 0.15) is 18.0 Å². The number of carbonyl (C=O) groups excluding carboxylic acids is 3. The molecule has 0 amide bonds. The van der Waals surface area contributed by atoms with E-state index >= 15 is 0 Å². The van der Waals surface area contributed by atoms with Gasteiger partial charge in [-0.3, -0.25) is 9.59 Å². The van der Waals surface area contributed by atoms with Gasteiger partial charge in [0, 0.05) is 6.42 Å². The highest BCUT2D eigenvalue weighted by Gasteiger charge is 2.55. The molecule has 2 rings (SSSR count). The zero-order chi connectivity index (χ0) is 14.0. The summed E-state index contributed by atoms with van der Waals surface area (Å²) >= 11 is 0. The Morgan fingerprint density at radius 3 is 2.47 bits per heavy atom. The SMILES string of the molecule is CCC1(C(=O)Oc2ccc(F)cc2)OC(=O)CC1=O. The number of benzene rings is 1. The van der Waals surface area contributed by atoms with Crippen molar-refractivity contribution in [3.05, 3.63) is 30.1 Å². The first-order valence-corrected chi connectivity index (χ1v) is 5.71. The summed E-state index contributed by atoms with van der Waals surface area (Å²) in [6.07, 6.45) is -0.441. The van der Waals surface area contributed by atoms with Crippen molar-refractivity contribution >= 4 is 17.7 Å². The number of esters is 2. The van der Waals surface area contributed by atoms with Crippen molar-refractivity contribution in [2.45, 2.75) is 25.4 Å². The average Bonchev–Trinajstić information content (AvgIpc) is 2.67. The number of rotatable bonds is 3. The zero-order valence-electron chi connectivity index (χ0n) is 10.1. The molecule has 100 valence electrons. The van der Waals surface area contributed by atoms with Crippen LogP contribution in [0.3, 0.4) is 0 Å². The molecule has 1 atom stereocenters. The van der Waals surface area contributed by atoms with Crippen LogP contribution in [0.5, 0.6) is 5.75 Å². The number of Topliss-reactive ketones (excluding diaryl/α,β-unsaturated/α-hetero) is 1. The number of ketones is 1. The standard InChI is InChI=1S/C13H11FO5/c1-2-13(10(15)7-11(16)19-13)12(17)18-9-5-3-8(14)4-6-9/h3-6H,2,7H2,1H3. The van der Waals surface area contributed by atoms with Crippen molar-refractivity contribution in [1.29, 1.82) is 0 Å². The smallest absolute Gasteiger partial charge is 0.363 e. The number of hydrogen-bond acceptors (Lipinski definition) is 5. The third-order valence-corrected chi connectivity index (χ3v) is 2.90. The largest absolute Gasteiger partial charge is 0.438 e. The molecule has 0 saturated carbocycles. The van der Waals surface area contributed by atoms with Crippen molar-refractivity contribution in [3.63, 3.8) is 0 Å². The first-order chi connectivity index (χ1) is 8.98. The van der Waals surface area contributed by atoms with Gasteiger partial charge in [-0.25, -0.2) is 9.18 Å². The molecule has 1 unspecified atom stereocenters. The molecule has 1 aromatic carbocycles. The molecule has 1 aliphatic heterocycles. The molecule has 0 aromatic heterocycles. The van der Waals surface area contributed by atoms with E-state index in [4.69, 9.17) is 9.47 Å². The third-order valence-electron chi connectivity index (χ3n) is 2.90. The second kappa shape index (κ2) is 4.79. The lowest BCUT2D eigenvalue weighted by atomic mass is 9.96. The van der Waals surface area contributed by atoms with Gasteiger partial charge in [-0.15, -0.1) is 0 Å². The van der Waals surface area contributed by atoms with E-state index in [2.05, 4.69) is 0 Å². The van der Waals surface area contributed by atoms with Gasteiger partial charge in [0.15, 0.2) is 5.78 Å². The Bertz CT molecular complexity index is 536. The summed E-state index contributed by atoms with van der Waals surface area (Å²) in [5, 5.41) is 0. The molecular weight excluding hydrogens is 255 g/mol. The molecule has 5 nitrogen and oxygen atoms in total. The summed E-state index contributed by atoms with van der Waals surface area (Å²) in [5.41, 5.74) is -1.87. The minimum Gasteiger partial charge on any atom is -0.438 e. The summed E-state index contributed by atoms with van der Waals surface area (Å²) in [6, 6.07) is 4.73. The first kappa shape index (κ1) is 13.2. The van der Waals surface area contributed by atoms with Crippen molar-refractivity contribution < 1.29 is 28.2 Å². The second-order valence-corrected chi connectivity index (χ2v) is 4.10. The Morgan fingerprint density at radius 1 is 1.37 bits per heavy atom. The molecule has 6 heteroatoms. The highest BCUT2D eigenvalue weighted by molar-refractivity contribution is 6.18. The van der Waals surface area contributed by atoms with Crippen molar-refractivity contribution in [3.8, 4) is 5.75 Å². The molecule has 1 saturated heterocycles. The fraction of sp³-hybridized carbons (Fsp3) is 0.308. The Labute approximate surface area is 108 Å². The molecule has 1 aromatic rings. The Morgan fingerprint density at radius 2 is 2.00 bits per heavy atom. The van der Waals surface area contributed by atoms with E-state index in [0.717, 1.165) is 12.1 Å². The predicted molar refractivity (Wildman–Crippen MR) is 60.8 cm³/mol. The maximum Gasteiger partial charge on any atom is 0.363 e. The molecule has 0 spiro atoms. The number of cyclic esters (lactones) is 1. The molecule has 0 radical (unpaired) electrons. The van der Waals surface area contributed by atoms with Crippen molar-refractivity contribution in [1.82, 2.24) is 0 Å². The summed E-state index contributed by atoms with van der Waals surface area (Å²) < 4.78 is 22.5. The Kier molecular flexibility index (Phi) is 3.33. The van der Waals surface area contributed by atoms with Crippen LogP contribution in [0.4, 0.5) is 4.39 Å². The number of ether oxygens (including phenoxy) is 2. The predicted octanol–water partition coefficient (Wildman–Crippen LogP) is 1.40. The zero-order valence-corrected chi connectivity index (χ0v) is 10.1. The lowest BCUT2D eigenvalue weighted by Gasteiger charge is -2.21. The fourth-order valence-electron chi connectivity index (χ4n) is 1.82. The van der Waals surface area contributed by atoms with Gasteiger partial charge in [0.2, 0.25) is 0 Å². The second-order valence-electron chi connectivity index (χ2n) is 4.10. The van der Waals surface area contributed by atoms with Crippen molar-refractivity contribution in [2.75, 3.05) is 0 Å². The van der Waals surface area contributed by atoms with Crippen LogP contribution >= 0.6 is 0 Å². The van der Waals surface area contributed by atoms with Crippen LogP contribution in [0, 0.1) is 5.82 Å². The Hall–Kier alpha value is -2.24. The van der Waals surface area contributed by atoms with Crippen LogP contribution in [0.2, 0.25) is 0 Å². The highest BCUT2D eigenvalue weighted by Crippen LogP contribution is 2.29. The van der Waals surface area contributed by atoms with E-state index in [1.807, 2.05) is 0 Å². The molecular formula is C13H11FO5. The maximum absolute atomic E-state index is 12.7. The van der Waals surface area contributed by atoms with Crippen LogP contribution in [-0.2, 0) is 19.1 Å². The van der Waals surface area contributed by atoms with E-state index < -0.39 is 35.6 Å². The summed E-state index contributed by atoms with van der Waals surface area (Å²) in [6.45, 7) is 1.54. The number of hydrogen-bond donors (Lipinski definition) is 0. The van der Waals surface area contributed by atoms with Gasteiger partial charge in [-0.2, -0.15) is 0 Å². The van der Waals surface area contributed by atoms with Gasteiger partial charge in [0.25, 0.3) is 5.60 Å². The first-order valence-electron chi connectivity index (χ1n) is 5.71. The van der Waals surface area contributed by atoms with Gasteiger partial charge in [0.05, 0.1) is 0 Å². The molecule has 0 aliphatic carbocycles. The van der Waals surface area contributed by atoms with E-state index in [-0.39, 0.29) is 12.2 Å². The Balaban J connectivity index is 2.20. The monoisotopic (exact) mass is 266 g/mol. The van der Waals surface area contributed by atoms with Gasteiger partial charge >= 0.3 is 11.9 Å². The summed E-state index contributed by atoms with van der Waals surface area (Å²) in [4.78, 5) is 34.8. The minimum atomic E-state index is -1.87. The van der Waals surface area contributed by atoms with E-state index in [1.54, 1.807) is 6.92 Å². The summed E-state index contributed by atoms with van der Waals surface area (Å²) in [5.74, 6) is -2.73. The van der Waals surface area contributed by atoms with Crippen LogP contribution in [0.1, 0.15) is 19.8 Å². The molecule has 0 bridgehead atoms. The molecule has 1 fully saturated rings. The third kappa shape index (κ3) is 2.33. The van der Waals surface area contributed by atoms with Crippen LogP contribution < -0.4 is 4.74 Å². The lowest BCUT2D eigenvalue weighted by Crippen LogP contribution is -2.46.